The van der Waals surface area contributed by atoms with Crippen molar-refractivity contribution in [2.75, 3.05) is 13.1 Å². The molecular formula is C11H15N5S2. The van der Waals surface area contributed by atoms with Gasteiger partial charge in [-0.25, -0.2) is 4.98 Å². The first kappa shape index (κ1) is 12.0. The summed E-state index contributed by atoms with van der Waals surface area (Å²) in [7, 11) is 0. The molecule has 0 unspecified atom stereocenters. The molecular weight excluding hydrogens is 266 g/mol. The van der Waals surface area contributed by atoms with E-state index >= 15 is 0 Å². The maximum atomic E-state index is 4.98. The number of aromatic amines is 2. The Kier molecular flexibility index (Phi) is 3.27. The summed E-state index contributed by atoms with van der Waals surface area (Å²) in [6.07, 6.45) is 2.62. The Hall–Kier alpha value is -1.05. The smallest absolute Gasteiger partial charge is 0.213 e. The van der Waals surface area contributed by atoms with Crippen LogP contribution in [-0.4, -0.2) is 38.2 Å². The van der Waals surface area contributed by atoms with Crippen LogP contribution in [0.2, 0.25) is 0 Å². The van der Waals surface area contributed by atoms with Gasteiger partial charge in [-0.05, 0) is 45.1 Å². The Morgan fingerprint density at radius 3 is 2.72 bits per heavy atom. The highest BCUT2D eigenvalue weighted by Gasteiger charge is 2.16. The SMILES string of the molecule is Cc1nc(CN2CCCC2)sc1-c1nc(=S)[nH][nH]1. The van der Waals surface area contributed by atoms with E-state index in [4.69, 9.17) is 12.2 Å². The number of H-pyrrole nitrogens is 2. The fourth-order valence-electron chi connectivity index (χ4n) is 2.25. The van der Waals surface area contributed by atoms with Crippen molar-refractivity contribution in [3.05, 3.63) is 15.5 Å². The highest BCUT2D eigenvalue weighted by Crippen LogP contribution is 2.28. The second kappa shape index (κ2) is 4.91. The maximum absolute atomic E-state index is 4.98. The third-order valence-electron chi connectivity index (χ3n) is 3.11. The molecule has 7 heteroatoms. The molecule has 18 heavy (non-hydrogen) atoms. The molecule has 2 aromatic rings. The minimum absolute atomic E-state index is 0.485. The maximum Gasteiger partial charge on any atom is 0.213 e. The third-order valence-corrected chi connectivity index (χ3v) is 4.46. The van der Waals surface area contributed by atoms with Gasteiger partial charge in [0, 0.05) is 0 Å². The number of aryl methyl sites for hydroxylation is 1. The van der Waals surface area contributed by atoms with Gasteiger partial charge in [0.25, 0.3) is 0 Å². The molecule has 1 aliphatic rings. The van der Waals surface area contributed by atoms with Gasteiger partial charge in [0.15, 0.2) is 5.82 Å². The molecule has 0 bridgehead atoms. The number of nitrogens with one attached hydrogen (secondary N) is 2. The van der Waals surface area contributed by atoms with E-state index in [1.54, 1.807) is 11.3 Å². The first-order valence-corrected chi connectivity index (χ1v) is 7.28. The summed E-state index contributed by atoms with van der Waals surface area (Å²) in [6.45, 7) is 5.36. The summed E-state index contributed by atoms with van der Waals surface area (Å²) in [4.78, 5) is 12.4. The van der Waals surface area contributed by atoms with Gasteiger partial charge in [-0.3, -0.25) is 15.1 Å². The van der Waals surface area contributed by atoms with Crippen LogP contribution < -0.4 is 0 Å². The first-order valence-electron chi connectivity index (χ1n) is 6.06. The highest BCUT2D eigenvalue weighted by atomic mass is 32.1. The molecule has 2 N–H and O–H groups in total. The number of hydrogen-bond acceptors (Lipinski definition) is 5. The Morgan fingerprint density at radius 2 is 2.06 bits per heavy atom. The van der Waals surface area contributed by atoms with Crippen LogP contribution in [0.15, 0.2) is 0 Å². The van der Waals surface area contributed by atoms with E-state index in [0.717, 1.165) is 27.9 Å². The number of aromatic nitrogens is 4. The van der Waals surface area contributed by atoms with E-state index in [-0.39, 0.29) is 0 Å². The number of thiazole rings is 1. The third kappa shape index (κ3) is 2.38. The molecule has 96 valence electrons. The van der Waals surface area contributed by atoms with Gasteiger partial charge in [0.05, 0.1) is 17.1 Å². The predicted molar refractivity (Wildman–Crippen MR) is 74.1 cm³/mol. The van der Waals surface area contributed by atoms with E-state index < -0.39 is 0 Å². The lowest BCUT2D eigenvalue weighted by atomic mass is 10.4. The van der Waals surface area contributed by atoms with Gasteiger partial charge in [0.1, 0.15) is 5.01 Å². The minimum Gasteiger partial charge on any atom is -0.297 e. The summed E-state index contributed by atoms with van der Waals surface area (Å²) >= 11 is 6.68. The molecule has 0 radical (unpaired) electrons. The molecule has 0 spiro atoms. The summed E-state index contributed by atoms with van der Waals surface area (Å²) < 4.78 is 0.485. The van der Waals surface area contributed by atoms with Crippen LogP contribution in [0.4, 0.5) is 0 Å². The van der Waals surface area contributed by atoms with E-state index in [0.29, 0.717) is 4.77 Å². The lowest BCUT2D eigenvalue weighted by Gasteiger charge is -2.11. The number of likely N-dealkylation sites (tertiary alicyclic amines) is 1. The quantitative estimate of drug-likeness (QED) is 0.849. The van der Waals surface area contributed by atoms with Crippen LogP contribution in [0.5, 0.6) is 0 Å². The van der Waals surface area contributed by atoms with Gasteiger partial charge in [-0.2, -0.15) is 4.98 Å². The van der Waals surface area contributed by atoms with Crippen LogP contribution in [0, 0.1) is 11.7 Å². The van der Waals surface area contributed by atoms with Crippen molar-refractivity contribution >= 4 is 23.6 Å². The van der Waals surface area contributed by atoms with E-state index in [1.165, 1.54) is 25.9 Å². The van der Waals surface area contributed by atoms with Crippen LogP contribution >= 0.6 is 23.6 Å². The van der Waals surface area contributed by atoms with Gasteiger partial charge in [-0.1, -0.05) is 0 Å². The number of rotatable bonds is 3. The van der Waals surface area contributed by atoms with Crippen LogP contribution in [0.3, 0.4) is 0 Å². The van der Waals surface area contributed by atoms with Crippen molar-refractivity contribution in [3.8, 4) is 10.7 Å². The summed E-state index contributed by atoms with van der Waals surface area (Å²) in [6, 6.07) is 0. The highest BCUT2D eigenvalue weighted by molar-refractivity contribution is 7.71. The zero-order chi connectivity index (χ0) is 12.5. The lowest BCUT2D eigenvalue weighted by molar-refractivity contribution is 0.330. The van der Waals surface area contributed by atoms with E-state index in [2.05, 4.69) is 25.1 Å². The van der Waals surface area contributed by atoms with Gasteiger partial charge < -0.3 is 0 Å². The molecule has 3 heterocycles. The van der Waals surface area contributed by atoms with E-state index in [9.17, 15) is 0 Å². The second-order valence-corrected chi connectivity index (χ2v) is 5.99. The molecule has 0 aliphatic carbocycles. The summed E-state index contributed by atoms with van der Waals surface area (Å²) in [5, 5.41) is 6.97. The lowest BCUT2D eigenvalue weighted by Crippen LogP contribution is -2.18. The Bertz CT molecular complexity index is 591. The largest absolute Gasteiger partial charge is 0.297 e. The molecule has 0 saturated carbocycles. The zero-order valence-corrected chi connectivity index (χ0v) is 11.8. The Labute approximate surface area is 114 Å². The Morgan fingerprint density at radius 1 is 1.28 bits per heavy atom. The molecule has 1 fully saturated rings. The van der Waals surface area contributed by atoms with Crippen molar-refractivity contribution in [1.29, 1.82) is 0 Å². The normalized spacial score (nSPS) is 16.5. The average Bonchev–Trinajstić information content (AvgIpc) is 3.02. The number of hydrogen-bond donors (Lipinski definition) is 2. The van der Waals surface area contributed by atoms with Crippen molar-refractivity contribution in [3.63, 3.8) is 0 Å². The molecule has 0 amide bonds. The van der Waals surface area contributed by atoms with E-state index in [1.807, 2.05) is 6.92 Å². The Balaban J connectivity index is 1.83. The van der Waals surface area contributed by atoms with Crippen LogP contribution in [0.25, 0.3) is 10.7 Å². The molecule has 3 rings (SSSR count). The molecule has 1 aliphatic heterocycles. The van der Waals surface area contributed by atoms with Crippen molar-refractivity contribution < 1.29 is 0 Å². The second-order valence-electron chi connectivity index (χ2n) is 4.52. The van der Waals surface area contributed by atoms with Crippen LogP contribution in [-0.2, 0) is 6.54 Å². The van der Waals surface area contributed by atoms with Gasteiger partial charge in [-0.15, -0.1) is 11.3 Å². The first-order chi connectivity index (χ1) is 8.72. The fraction of sp³-hybridized carbons (Fsp3) is 0.545. The fourth-order valence-corrected chi connectivity index (χ4v) is 3.44. The topological polar surface area (TPSA) is 60.6 Å². The minimum atomic E-state index is 0.485. The molecule has 2 aromatic heterocycles. The standard InChI is InChI=1S/C11H15N5S2/c1-7-9(10-13-11(17)15-14-10)18-8(12-7)6-16-4-2-3-5-16/h2-6H2,1H3,(H2,13,14,15,17). The molecule has 1 saturated heterocycles. The van der Waals surface area contributed by atoms with Crippen molar-refractivity contribution in [1.82, 2.24) is 25.1 Å². The van der Waals surface area contributed by atoms with Crippen LogP contribution in [0.1, 0.15) is 23.5 Å². The van der Waals surface area contributed by atoms with Gasteiger partial charge >= 0.3 is 0 Å². The molecule has 0 aromatic carbocycles. The van der Waals surface area contributed by atoms with Crippen molar-refractivity contribution in [2.24, 2.45) is 0 Å². The molecule has 5 nitrogen and oxygen atoms in total. The van der Waals surface area contributed by atoms with Gasteiger partial charge in [0.2, 0.25) is 4.77 Å². The summed E-state index contributed by atoms with van der Waals surface area (Å²) in [5.41, 5.74) is 1.02. The summed E-state index contributed by atoms with van der Waals surface area (Å²) in [5.74, 6) is 0.794. The van der Waals surface area contributed by atoms with Crippen molar-refractivity contribution in [2.45, 2.75) is 26.3 Å². The monoisotopic (exact) mass is 281 g/mol. The average molecular weight is 281 g/mol. The molecule has 0 atom stereocenters. The number of nitrogens with zero attached hydrogens (tertiary/aromatic N) is 3. The zero-order valence-electron chi connectivity index (χ0n) is 10.2. The predicted octanol–water partition coefficient (Wildman–Crippen LogP) is 2.50.